The number of ether oxygens (including phenoxy) is 1. The largest absolute Gasteiger partial charge is 0.490 e. The van der Waals surface area contributed by atoms with Gasteiger partial charge in [0.05, 0.1) is 12.1 Å². The van der Waals surface area contributed by atoms with Crippen molar-refractivity contribution in [2.75, 3.05) is 0 Å². The van der Waals surface area contributed by atoms with Crippen LogP contribution in [0.15, 0.2) is 4.99 Å². The quantitative estimate of drug-likeness (QED) is 0.687. The molecule has 0 aromatic rings. The fraction of sp³-hybridized carbons (Fsp3) is 0.846. The lowest BCUT2D eigenvalue weighted by molar-refractivity contribution is -0.192. The molecule has 0 aromatic heterocycles. The minimum Gasteiger partial charge on any atom is -0.475 e. The Balaban J connectivity index is 0.000000295. The van der Waals surface area contributed by atoms with Gasteiger partial charge in [-0.05, 0) is 19.3 Å². The summed E-state index contributed by atoms with van der Waals surface area (Å²) in [5, 5.41) is 10.2. The maximum Gasteiger partial charge on any atom is 0.490 e. The van der Waals surface area contributed by atoms with E-state index in [9.17, 15) is 13.2 Å². The van der Waals surface area contributed by atoms with E-state index in [1.807, 2.05) is 0 Å². The Bertz CT molecular complexity index is 402. The number of hydrogen-bond acceptors (Lipinski definition) is 5. The summed E-state index contributed by atoms with van der Waals surface area (Å²) in [7, 11) is 0. The number of aliphatic carboxylic acids is 1. The third-order valence-electron chi connectivity index (χ3n) is 3.44. The molecule has 0 aliphatic carbocycles. The van der Waals surface area contributed by atoms with Gasteiger partial charge in [-0.15, -0.1) is 0 Å². The summed E-state index contributed by atoms with van der Waals surface area (Å²) in [5.41, 5.74) is 5.77. The molecular formula is C13H22F3N3O3. The number of hydrogen-bond donors (Lipinski definition) is 3. The van der Waals surface area contributed by atoms with Crippen LogP contribution in [0, 0.1) is 0 Å². The Hall–Kier alpha value is -1.51. The number of aliphatic imine (C=N–C) groups is 1. The van der Waals surface area contributed by atoms with Gasteiger partial charge in [0.1, 0.15) is 6.23 Å². The second-order valence-electron chi connectivity index (χ2n) is 5.27. The fourth-order valence-corrected chi connectivity index (χ4v) is 2.37. The minimum atomic E-state index is -5.08. The topological polar surface area (TPSA) is 96.9 Å². The van der Waals surface area contributed by atoms with Gasteiger partial charge in [0, 0.05) is 0 Å². The molecule has 2 rings (SSSR count). The number of halogens is 3. The first-order valence-electron chi connectivity index (χ1n) is 7.29. The normalized spacial score (nSPS) is 27.1. The standard InChI is InChI=1S/C11H21N3O.C2HF3O2/c1-2-3-4-5-8-9-6-7-10(15-9)14-11(12)13-8;3-2(4,5)1(6)7/h8-10H,2-7H2,1H3,(H3,12,13,14);(H,6,7)/t8-,9+,10-;/m0./s1. The second kappa shape index (κ2) is 8.21. The zero-order valence-electron chi connectivity index (χ0n) is 12.4. The maximum atomic E-state index is 10.6. The lowest BCUT2D eigenvalue weighted by atomic mass is 10.0. The molecule has 2 aliphatic heterocycles. The average Bonchev–Trinajstić information content (AvgIpc) is 2.78. The summed E-state index contributed by atoms with van der Waals surface area (Å²) < 4.78 is 37.6. The van der Waals surface area contributed by atoms with Crippen molar-refractivity contribution in [3.63, 3.8) is 0 Å². The number of carboxylic acid groups (broad SMARTS) is 1. The summed E-state index contributed by atoms with van der Waals surface area (Å²) in [5.74, 6) is -2.20. The van der Waals surface area contributed by atoms with Crippen LogP contribution < -0.4 is 11.1 Å². The number of guanidine groups is 1. The third kappa shape index (κ3) is 6.08. The number of rotatable bonds is 4. The first kappa shape index (κ1) is 18.5. The van der Waals surface area contributed by atoms with E-state index in [0.29, 0.717) is 12.1 Å². The molecule has 0 spiro atoms. The fourth-order valence-electron chi connectivity index (χ4n) is 2.37. The van der Waals surface area contributed by atoms with Crippen molar-refractivity contribution in [1.82, 2.24) is 5.32 Å². The van der Waals surface area contributed by atoms with Gasteiger partial charge in [0.15, 0.2) is 5.96 Å². The van der Waals surface area contributed by atoms with Crippen LogP contribution in [0.4, 0.5) is 13.2 Å². The second-order valence-corrected chi connectivity index (χ2v) is 5.27. The van der Waals surface area contributed by atoms with Gasteiger partial charge in [0.25, 0.3) is 0 Å². The molecule has 4 N–H and O–H groups in total. The molecular weight excluding hydrogens is 303 g/mol. The summed E-state index contributed by atoms with van der Waals surface area (Å²) in [6, 6.07) is 0.275. The molecule has 1 fully saturated rings. The molecule has 0 saturated carbocycles. The van der Waals surface area contributed by atoms with Crippen molar-refractivity contribution in [2.24, 2.45) is 10.7 Å². The van der Waals surface area contributed by atoms with Gasteiger partial charge >= 0.3 is 12.1 Å². The van der Waals surface area contributed by atoms with Crippen molar-refractivity contribution < 1.29 is 27.8 Å². The first-order valence-corrected chi connectivity index (χ1v) is 7.29. The number of alkyl halides is 3. The highest BCUT2D eigenvalue weighted by molar-refractivity contribution is 5.78. The summed E-state index contributed by atoms with van der Waals surface area (Å²) >= 11 is 0. The Kier molecular flexibility index (Phi) is 6.92. The van der Waals surface area contributed by atoms with E-state index in [-0.39, 0.29) is 12.3 Å². The van der Waals surface area contributed by atoms with Crippen LogP contribution in [0.1, 0.15) is 45.4 Å². The van der Waals surface area contributed by atoms with E-state index in [4.69, 9.17) is 20.4 Å². The molecule has 1 saturated heterocycles. The third-order valence-corrected chi connectivity index (χ3v) is 3.44. The molecule has 0 radical (unpaired) electrons. The molecule has 128 valence electrons. The number of nitrogens with two attached hydrogens (primary N) is 1. The Morgan fingerprint density at radius 1 is 1.45 bits per heavy atom. The van der Waals surface area contributed by atoms with E-state index in [1.54, 1.807) is 0 Å². The summed E-state index contributed by atoms with van der Waals surface area (Å²) in [6.45, 7) is 2.22. The Morgan fingerprint density at radius 2 is 2.09 bits per heavy atom. The lowest BCUT2D eigenvalue weighted by Gasteiger charge is -2.17. The predicted molar refractivity (Wildman–Crippen MR) is 74.3 cm³/mol. The van der Waals surface area contributed by atoms with Crippen LogP contribution in [0.25, 0.3) is 0 Å². The van der Waals surface area contributed by atoms with Crippen molar-refractivity contribution in [1.29, 1.82) is 0 Å². The molecule has 22 heavy (non-hydrogen) atoms. The van der Waals surface area contributed by atoms with Crippen LogP contribution in [0.2, 0.25) is 0 Å². The number of unbranched alkanes of at least 4 members (excludes halogenated alkanes) is 2. The van der Waals surface area contributed by atoms with Crippen LogP contribution in [-0.4, -0.2) is 41.6 Å². The zero-order chi connectivity index (χ0) is 16.8. The van der Waals surface area contributed by atoms with Gasteiger partial charge in [-0.1, -0.05) is 26.2 Å². The smallest absolute Gasteiger partial charge is 0.475 e. The molecule has 2 heterocycles. The highest BCUT2D eigenvalue weighted by Gasteiger charge is 2.38. The monoisotopic (exact) mass is 325 g/mol. The zero-order valence-corrected chi connectivity index (χ0v) is 12.4. The van der Waals surface area contributed by atoms with E-state index >= 15 is 0 Å². The van der Waals surface area contributed by atoms with Gasteiger partial charge in [-0.2, -0.15) is 13.2 Å². The number of carbonyl (C=O) groups is 1. The van der Waals surface area contributed by atoms with E-state index in [1.165, 1.54) is 19.3 Å². The van der Waals surface area contributed by atoms with E-state index in [2.05, 4.69) is 17.2 Å². The maximum absolute atomic E-state index is 10.6. The van der Waals surface area contributed by atoms with Crippen molar-refractivity contribution in [3.05, 3.63) is 0 Å². The van der Waals surface area contributed by atoms with Crippen molar-refractivity contribution >= 4 is 11.9 Å². The number of nitrogens with one attached hydrogen (secondary N) is 1. The van der Waals surface area contributed by atoms with E-state index < -0.39 is 12.1 Å². The van der Waals surface area contributed by atoms with Crippen LogP contribution in [0.5, 0.6) is 0 Å². The molecule has 0 amide bonds. The van der Waals surface area contributed by atoms with Gasteiger partial charge in [-0.25, -0.2) is 9.79 Å². The SMILES string of the molecule is CCCCC[C@@H]1N=C(N)N[C@@H]2CC[C@H]1O2.O=C(O)C(F)(F)F. The highest BCUT2D eigenvalue weighted by Crippen LogP contribution is 2.27. The van der Waals surface area contributed by atoms with Gasteiger partial charge in [-0.3, -0.25) is 0 Å². The molecule has 0 aromatic carbocycles. The first-order chi connectivity index (χ1) is 10.2. The molecule has 6 nitrogen and oxygen atoms in total. The number of fused-ring (bicyclic) bond motifs is 2. The van der Waals surface area contributed by atoms with Gasteiger partial charge < -0.3 is 20.9 Å². The number of nitrogens with zero attached hydrogens (tertiary/aromatic N) is 1. The van der Waals surface area contributed by atoms with E-state index in [0.717, 1.165) is 19.3 Å². The highest BCUT2D eigenvalue weighted by atomic mass is 19.4. The molecule has 9 heteroatoms. The van der Waals surface area contributed by atoms with Crippen molar-refractivity contribution in [2.45, 2.75) is 70.0 Å². The Morgan fingerprint density at radius 3 is 2.64 bits per heavy atom. The average molecular weight is 325 g/mol. The molecule has 3 atom stereocenters. The van der Waals surface area contributed by atoms with Crippen molar-refractivity contribution in [3.8, 4) is 0 Å². The molecule has 2 aliphatic rings. The number of carboxylic acids is 1. The Labute approximate surface area is 126 Å². The van der Waals surface area contributed by atoms with Crippen LogP contribution in [0.3, 0.4) is 0 Å². The summed E-state index contributed by atoms with van der Waals surface area (Å²) in [4.78, 5) is 13.4. The van der Waals surface area contributed by atoms with Crippen LogP contribution in [-0.2, 0) is 9.53 Å². The van der Waals surface area contributed by atoms with Gasteiger partial charge in [0.2, 0.25) is 0 Å². The van der Waals surface area contributed by atoms with Crippen LogP contribution >= 0.6 is 0 Å². The minimum absolute atomic E-state index is 0.106. The lowest BCUT2D eigenvalue weighted by Crippen LogP contribution is -2.38. The molecule has 0 unspecified atom stereocenters. The predicted octanol–water partition coefficient (Wildman–Crippen LogP) is 1.99. The summed E-state index contributed by atoms with van der Waals surface area (Å²) in [6.07, 6.45) is 2.34. The molecule has 2 bridgehead atoms.